The van der Waals surface area contributed by atoms with E-state index in [0.29, 0.717) is 12.0 Å². The van der Waals surface area contributed by atoms with Gasteiger partial charge in [-0.2, -0.15) is 0 Å². The first-order chi connectivity index (χ1) is 11.8. The summed E-state index contributed by atoms with van der Waals surface area (Å²) in [5.74, 6) is 0.336. The van der Waals surface area contributed by atoms with Crippen molar-refractivity contribution in [1.29, 1.82) is 0 Å². The monoisotopic (exact) mass is 330 g/mol. The van der Waals surface area contributed by atoms with Gasteiger partial charge in [-0.25, -0.2) is 0 Å². The SMILES string of the molecule is COC1CCCN(C(=O)C2CCCCN2Cc2ccccc2)CC1. The van der Waals surface area contributed by atoms with Gasteiger partial charge >= 0.3 is 0 Å². The minimum absolute atomic E-state index is 0.0538. The Labute approximate surface area is 145 Å². The molecular formula is C20H30N2O2. The highest BCUT2D eigenvalue weighted by molar-refractivity contribution is 5.82. The molecule has 24 heavy (non-hydrogen) atoms. The smallest absolute Gasteiger partial charge is 0.239 e. The van der Waals surface area contributed by atoms with Gasteiger partial charge in [0.25, 0.3) is 0 Å². The van der Waals surface area contributed by atoms with Crippen LogP contribution < -0.4 is 0 Å². The molecule has 0 saturated carbocycles. The fourth-order valence-corrected chi connectivity index (χ4v) is 4.01. The number of piperidine rings is 1. The van der Waals surface area contributed by atoms with Crippen LogP contribution in [0.25, 0.3) is 0 Å². The van der Waals surface area contributed by atoms with Crippen molar-refractivity contribution >= 4 is 5.91 Å². The number of hydrogen-bond donors (Lipinski definition) is 0. The number of rotatable bonds is 4. The first-order valence-corrected chi connectivity index (χ1v) is 9.37. The summed E-state index contributed by atoms with van der Waals surface area (Å²) in [6, 6.07) is 10.6. The molecule has 2 saturated heterocycles. The maximum Gasteiger partial charge on any atom is 0.239 e. The second-order valence-corrected chi connectivity index (χ2v) is 7.08. The van der Waals surface area contributed by atoms with Gasteiger partial charge in [-0.05, 0) is 44.2 Å². The van der Waals surface area contributed by atoms with Gasteiger partial charge in [0.05, 0.1) is 12.1 Å². The van der Waals surface area contributed by atoms with Gasteiger partial charge in [-0.1, -0.05) is 36.8 Å². The molecular weight excluding hydrogens is 300 g/mol. The molecule has 4 heteroatoms. The van der Waals surface area contributed by atoms with Crippen molar-refractivity contribution in [2.45, 2.75) is 57.2 Å². The van der Waals surface area contributed by atoms with Crippen LogP contribution in [0.4, 0.5) is 0 Å². The van der Waals surface area contributed by atoms with Crippen molar-refractivity contribution in [3.05, 3.63) is 35.9 Å². The maximum absolute atomic E-state index is 13.1. The predicted molar refractivity (Wildman–Crippen MR) is 95.7 cm³/mol. The van der Waals surface area contributed by atoms with E-state index < -0.39 is 0 Å². The van der Waals surface area contributed by atoms with E-state index in [-0.39, 0.29) is 6.04 Å². The lowest BCUT2D eigenvalue weighted by Gasteiger charge is -2.37. The summed E-state index contributed by atoms with van der Waals surface area (Å²) in [5.41, 5.74) is 1.30. The summed E-state index contributed by atoms with van der Waals surface area (Å²) in [6.45, 7) is 3.63. The van der Waals surface area contributed by atoms with E-state index in [0.717, 1.165) is 58.3 Å². The Morgan fingerprint density at radius 3 is 2.67 bits per heavy atom. The van der Waals surface area contributed by atoms with E-state index in [1.165, 1.54) is 12.0 Å². The van der Waals surface area contributed by atoms with E-state index in [1.54, 1.807) is 7.11 Å². The molecule has 2 heterocycles. The number of methoxy groups -OCH3 is 1. The molecule has 0 aromatic heterocycles. The molecule has 2 atom stereocenters. The maximum atomic E-state index is 13.1. The molecule has 0 bridgehead atoms. The van der Waals surface area contributed by atoms with Crippen LogP contribution in [0, 0.1) is 0 Å². The highest BCUT2D eigenvalue weighted by atomic mass is 16.5. The molecule has 2 aliphatic heterocycles. The van der Waals surface area contributed by atoms with Crippen LogP contribution >= 0.6 is 0 Å². The molecule has 2 fully saturated rings. The van der Waals surface area contributed by atoms with Crippen molar-refractivity contribution < 1.29 is 9.53 Å². The number of ether oxygens (including phenoxy) is 1. The van der Waals surface area contributed by atoms with E-state index in [4.69, 9.17) is 4.74 Å². The molecule has 1 aromatic rings. The zero-order valence-electron chi connectivity index (χ0n) is 14.8. The standard InChI is InChI=1S/C20H30N2O2/c1-24-18-10-7-14-21(15-12-18)20(23)19-11-5-6-13-22(19)16-17-8-3-2-4-9-17/h2-4,8-9,18-19H,5-7,10-16H2,1H3. The summed E-state index contributed by atoms with van der Waals surface area (Å²) in [5, 5.41) is 0. The van der Waals surface area contributed by atoms with Gasteiger partial charge in [0, 0.05) is 26.7 Å². The van der Waals surface area contributed by atoms with Crippen LogP contribution in [0.2, 0.25) is 0 Å². The van der Waals surface area contributed by atoms with Crippen molar-refractivity contribution in [2.75, 3.05) is 26.7 Å². The molecule has 0 radical (unpaired) electrons. The van der Waals surface area contributed by atoms with Gasteiger partial charge in [-0.3, -0.25) is 9.69 Å². The summed E-state index contributed by atoms with van der Waals surface area (Å²) in [4.78, 5) is 17.6. The Hall–Kier alpha value is -1.39. The highest BCUT2D eigenvalue weighted by Crippen LogP contribution is 2.23. The molecule has 2 aliphatic rings. The number of likely N-dealkylation sites (tertiary alicyclic amines) is 2. The Morgan fingerprint density at radius 1 is 1.04 bits per heavy atom. The molecule has 132 valence electrons. The Bertz CT molecular complexity index is 520. The van der Waals surface area contributed by atoms with Crippen molar-refractivity contribution in [3.63, 3.8) is 0 Å². The normalized spacial score (nSPS) is 26.1. The Balaban J connectivity index is 1.64. The molecule has 4 nitrogen and oxygen atoms in total. The van der Waals surface area contributed by atoms with Crippen LogP contribution in [0.1, 0.15) is 44.1 Å². The highest BCUT2D eigenvalue weighted by Gasteiger charge is 2.32. The zero-order valence-corrected chi connectivity index (χ0v) is 14.8. The topological polar surface area (TPSA) is 32.8 Å². The molecule has 1 aromatic carbocycles. The average Bonchev–Trinajstić information content (AvgIpc) is 2.88. The Morgan fingerprint density at radius 2 is 1.88 bits per heavy atom. The molecule has 1 amide bonds. The second-order valence-electron chi connectivity index (χ2n) is 7.08. The summed E-state index contributed by atoms with van der Waals surface area (Å²) < 4.78 is 5.50. The average molecular weight is 330 g/mol. The number of carbonyl (C=O) groups excluding carboxylic acids is 1. The third-order valence-corrected chi connectivity index (χ3v) is 5.45. The third-order valence-electron chi connectivity index (χ3n) is 5.45. The lowest BCUT2D eigenvalue weighted by molar-refractivity contribution is -0.138. The van der Waals surface area contributed by atoms with Crippen LogP contribution in [0.15, 0.2) is 30.3 Å². The van der Waals surface area contributed by atoms with Crippen LogP contribution in [-0.4, -0.2) is 54.6 Å². The van der Waals surface area contributed by atoms with Crippen LogP contribution in [0.5, 0.6) is 0 Å². The van der Waals surface area contributed by atoms with Gasteiger partial charge in [-0.15, -0.1) is 0 Å². The zero-order chi connectivity index (χ0) is 16.8. The molecule has 0 aliphatic carbocycles. The lowest BCUT2D eigenvalue weighted by atomic mass is 9.99. The lowest BCUT2D eigenvalue weighted by Crippen LogP contribution is -2.50. The number of benzene rings is 1. The van der Waals surface area contributed by atoms with E-state index in [1.807, 2.05) is 6.07 Å². The van der Waals surface area contributed by atoms with Gasteiger partial charge in [0.2, 0.25) is 5.91 Å². The van der Waals surface area contributed by atoms with Gasteiger partial charge < -0.3 is 9.64 Å². The summed E-state index contributed by atoms with van der Waals surface area (Å²) in [7, 11) is 1.78. The van der Waals surface area contributed by atoms with Gasteiger partial charge in [0.1, 0.15) is 0 Å². The van der Waals surface area contributed by atoms with E-state index >= 15 is 0 Å². The van der Waals surface area contributed by atoms with Crippen molar-refractivity contribution in [2.24, 2.45) is 0 Å². The van der Waals surface area contributed by atoms with Crippen LogP contribution in [-0.2, 0) is 16.1 Å². The quantitative estimate of drug-likeness (QED) is 0.850. The third kappa shape index (κ3) is 4.37. The van der Waals surface area contributed by atoms with Crippen molar-refractivity contribution in [3.8, 4) is 0 Å². The van der Waals surface area contributed by atoms with E-state index in [2.05, 4.69) is 34.1 Å². The Kier molecular flexibility index (Phi) is 6.27. The summed E-state index contributed by atoms with van der Waals surface area (Å²) in [6.07, 6.45) is 6.76. The first kappa shape index (κ1) is 17.4. The minimum atomic E-state index is 0.0538. The fraction of sp³-hybridized carbons (Fsp3) is 0.650. The number of nitrogens with zero attached hydrogens (tertiary/aromatic N) is 2. The largest absolute Gasteiger partial charge is 0.381 e. The molecule has 0 N–H and O–H groups in total. The molecule has 2 unspecified atom stereocenters. The second kappa shape index (κ2) is 8.63. The first-order valence-electron chi connectivity index (χ1n) is 9.37. The van der Waals surface area contributed by atoms with Gasteiger partial charge in [0.15, 0.2) is 0 Å². The molecule has 0 spiro atoms. The minimum Gasteiger partial charge on any atom is -0.381 e. The van der Waals surface area contributed by atoms with Crippen LogP contribution in [0.3, 0.4) is 0 Å². The fourth-order valence-electron chi connectivity index (χ4n) is 4.01. The summed E-state index contributed by atoms with van der Waals surface area (Å²) >= 11 is 0. The number of carbonyl (C=O) groups is 1. The van der Waals surface area contributed by atoms with E-state index in [9.17, 15) is 4.79 Å². The number of hydrogen-bond acceptors (Lipinski definition) is 3. The predicted octanol–water partition coefficient (Wildman–Crippen LogP) is 3.07. The number of amides is 1. The van der Waals surface area contributed by atoms with Crippen molar-refractivity contribution in [1.82, 2.24) is 9.80 Å². The molecule has 3 rings (SSSR count).